The standard InChI is InChI=1S/C47H56N8O7/c1-6-31-10-14-38(55(31)46(58)41(53-47(59)60-5)27-15-17-61-18-16-27)44-50-35-12-9-28-20-34-32-11-8-29(19-30(32)23-62-39(34)21-33(28)42(35)52-44)36-22-48-43(51-36)37-13-7-26(4)54(37)45(57)40(25(2)3)49-24-56/h8-9,11-12,19-22,24-27,31,37-38,40-41H,6-7,10,13-18,23H2,1-5H3,(H,48,51)(H,49,56)(H,50,52)(H,53,59)/t26-,31-,37-,38-,40?,41-/m0/s1. The van der Waals surface area contributed by atoms with Crippen LogP contribution in [0.2, 0.25) is 0 Å². The minimum absolute atomic E-state index is 0.0168. The van der Waals surface area contributed by atoms with Gasteiger partial charge in [0.2, 0.25) is 18.2 Å². The first-order valence-corrected chi connectivity index (χ1v) is 22.1. The van der Waals surface area contributed by atoms with Gasteiger partial charge in [-0.1, -0.05) is 39.0 Å². The lowest BCUT2D eigenvalue weighted by molar-refractivity contribution is -0.139. The van der Waals surface area contributed by atoms with Crippen molar-refractivity contribution in [1.82, 2.24) is 40.4 Å². The van der Waals surface area contributed by atoms with Crippen LogP contribution in [-0.4, -0.2) is 98.5 Å². The van der Waals surface area contributed by atoms with Crippen molar-refractivity contribution in [2.24, 2.45) is 11.8 Å². The number of hydrogen-bond donors (Lipinski definition) is 4. The van der Waals surface area contributed by atoms with Gasteiger partial charge in [-0.2, -0.15) is 0 Å². The third-order valence-electron chi connectivity index (χ3n) is 13.7. The molecule has 5 aromatic rings. The number of benzene rings is 3. The third-order valence-corrected chi connectivity index (χ3v) is 13.7. The van der Waals surface area contributed by atoms with E-state index in [2.05, 4.69) is 63.9 Å². The number of ether oxygens (including phenoxy) is 3. The Labute approximate surface area is 360 Å². The summed E-state index contributed by atoms with van der Waals surface area (Å²) in [4.78, 5) is 72.9. The van der Waals surface area contributed by atoms with E-state index in [1.54, 1.807) is 0 Å². The fourth-order valence-corrected chi connectivity index (χ4v) is 10.4. The van der Waals surface area contributed by atoms with E-state index in [9.17, 15) is 19.2 Å². The number of H-pyrrole nitrogens is 2. The van der Waals surface area contributed by atoms with Gasteiger partial charge in [0.25, 0.3) is 0 Å². The first kappa shape index (κ1) is 41.4. The molecule has 0 bridgehead atoms. The molecule has 0 saturated carbocycles. The molecule has 0 radical (unpaired) electrons. The van der Waals surface area contributed by atoms with Crippen LogP contribution in [0, 0.1) is 11.8 Å². The molecule has 6 heterocycles. The number of imidazole rings is 2. The predicted octanol–water partition coefficient (Wildman–Crippen LogP) is 7.08. The molecule has 6 atom stereocenters. The smallest absolute Gasteiger partial charge is 0.407 e. The van der Waals surface area contributed by atoms with E-state index in [1.807, 2.05) is 42.8 Å². The molecule has 0 spiro atoms. The molecular formula is C47H56N8O7. The van der Waals surface area contributed by atoms with Crippen LogP contribution in [0.25, 0.3) is 44.2 Å². The predicted molar refractivity (Wildman–Crippen MR) is 233 cm³/mol. The lowest BCUT2D eigenvalue weighted by Crippen LogP contribution is -2.54. The number of aromatic nitrogens is 4. The zero-order chi connectivity index (χ0) is 43.2. The van der Waals surface area contributed by atoms with Gasteiger partial charge in [0.05, 0.1) is 42.1 Å². The van der Waals surface area contributed by atoms with Gasteiger partial charge in [-0.25, -0.2) is 14.8 Å². The highest BCUT2D eigenvalue weighted by Gasteiger charge is 2.44. The molecule has 4 aliphatic rings. The molecule has 15 heteroatoms. The Kier molecular flexibility index (Phi) is 11.4. The van der Waals surface area contributed by atoms with Gasteiger partial charge in [0.15, 0.2) is 0 Å². The van der Waals surface area contributed by atoms with Crippen LogP contribution in [0.1, 0.15) is 102 Å². The number of hydrogen-bond acceptors (Lipinski definition) is 9. The number of nitrogens with zero attached hydrogens (tertiary/aromatic N) is 4. The Morgan fingerprint density at radius 1 is 0.935 bits per heavy atom. The summed E-state index contributed by atoms with van der Waals surface area (Å²) >= 11 is 0. The molecule has 2 aromatic heterocycles. The Hall–Kier alpha value is -5.96. The van der Waals surface area contributed by atoms with Crippen LogP contribution >= 0.6 is 0 Å². The van der Waals surface area contributed by atoms with Crippen molar-refractivity contribution in [3.8, 4) is 28.1 Å². The number of carbonyl (C=O) groups is 4. The number of aromatic amines is 2. The normalized spacial score (nSPS) is 22.3. The van der Waals surface area contributed by atoms with Gasteiger partial charge >= 0.3 is 6.09 Å². The highest BCUT2D eigenvalue weighted by atomic mass is 16.5. The second-order valence-electron chi connectivity index (χ2n) is 17.7. The van der Waals surface area contributed by atoms with Crippen LogP contribution in [-0.2, 0) is 30.5 Å². The van der Waals surface area contributed by atoms with Crippen LogP contribution in [0.15, 0.2) is 48.7 Å². The van der Waals surface area contributed by atoms with Crippen LogP contribution in [0.4, 0.5) is 4.79 Å². The van der Waals surface area contributed by atoms with E-state index >= 15 is 0 Å². The summed E-state index contributed by atoms with van der Waals surface area (Å²) in [7, 11) is 1.32. The molecule has 1 unspecified atom stereocenters. The molecule has 0 aliphatic carbocycles. The molecular weight excluding hydrogens is 789 g/mol. The average Bonchev–Trinajstić information content (AvgIpc) is 4.12. The second-order valence-corrected chi connectivity index (χ2v) is 17.7. The number of nitrogens with one attached hydrogen (secondary N) is 4. The van der Waals surface area contributed by atoms with Crippen molar-refractivity contribution in [2.75, 3.05) is 20.3 Å². The van der Waals surface area contributed by atoms with Gasteiger partial charge in [0.1, 0.15) is 36.1 Å². The largest absolute Gasteiger partial charge is 0.488 e. The molecule has 3 fully saturated rings. The summed E-state index contributed by atoms with van der Waals surface area (Å²) in [5.74, 6) is 1.95. The minimum atomic E-state index is -0.717. The number of methoxy groups -OCH3 is 1. The highest BCUT2D eigenvalue weighted by Crippen LogP contribution is 2.44. The van der Waals surface area contributed by atoms with E-state index < -0.39 is 18.2 Å². The van der Waals surface area contributed by atoms with Gasteiger partial charge in [-0.05, 0) is 110 Å². The quantitative estimate of drug-likeness (QED) is 0.101. The summed E-state index contributed by atoms with van der Waals surface area (Å²) in [5.41, 5.74) is 6.67. The van der Waals surface area contributed by atoms with Gasteiger partial charge in [-0.15, -0.1) is 0 Å². The maximum absolute atomic E-state index is 14.5. The summed E-state index contributed by atoms with van der Waals surface area (Å²) in [6, 6.07) is 13.0. The van der Waals surface area contributed by atoms with Crippen LogP contribution in [0.5, 0.6) is 5.75 Å². The number of amides is 4. The van der Waals surface area contributed by atoms with E-state index in [4.69, 9.17) is 24.2 Å². The van der Waals surface area contributed by atoms with E-state index in [1.165, 1.54) is 7.11 Å². The second kappa shape index (κ2) is 17.1. The molecule has 62 heavy (non-hydrogen) atoms. The number of fused-ring (bicyclic) bond motifs is 6. The number of rotatable bonds is 11. The van der Waals surface area contributed by atoms with Gasteiger partial charge < -0.3 is 44.6 Å². The third kappa shape index (κ3) is 7.43. The van der Waals surface area contributed by atoms with Gasteiger partial charge in [-0.3, -0.25) is 14.4 Å². The van der Waals surface area contributed by atoms with Crippen molar-refractivity contribution in [2.45, 2.75) is 115 Å². The molecule has 4 aliphatic heterocycles. The van der Waals surface area contributed by atoms with Crippen molar-refractivity contribution < 1.29 is 33.4 Å². The molecule has 3 saturated heterocycles. The monoisotopic (exact) mass is 844 g/mol. The summed E-state index contributed by atoms with van der Waals surface area (Å²) in [6.45, 7) is 9.51. The van der Waals surface area contributed by atoms with Gasteiger partial charge in [0, 0.05) is 36.2 Å². The lowest BCUT2D eigenvalue weighted by Gasteiger charge is -2.36. The SMILES string of the molecule is CC[C@H]1CC[C@@H](c2nc3ccc4cc5c(cc4c3[nH]2)OCc2cc(-c3cnc([C@@H]4CC[C@H](C)N4C(=O)C(NC=O)C(C)C)[nH]3)ccc2-5)N1C(=O)[C@@H](NC(=O)OC)C1CCOCC1. The van der Waals surface area contributed by atoms with E-state index in [0.29, 0.717) is 39.1 Å². The molecule has 9 rings (SSSR count). The number of carbonyl (C=O) groups excluding carboxylic acids is 4. The van der Waals surface area contributed by atoms with E-state index in [0.717, 1.165) is 99.3 Å². The highest BCUT2D eigenvalue weighted by molar-refractivity contribution is 6.07. The zero-order valence-electron chi connectivity index (χ0n) is 36.0. The minimum Gasteiger partial charge on any atom is -0.488 e. The Bertz CT molecular complexity index is 2510. The summed E-state index contributed by atoms with van der Waals surface area (Å²) in [5, 5.41) is 7.62. The average molecular weight is 845 g/mol. The maximum Gasteiger partial charge on any atom is 0.407 e. The van der Waals surface area contributed by atoms with Crippen molar-refractivity contribution in [3.63, 3.8) is 0 Å². The molecule has 3 aromatic carbocycles. The molecule has 326 valence electrons. The fraction of sp³-hybridized carbons (Fsp3) is 0.489. The number of likely N-dealkylation sites (tertiary alicyclic amines) is 2. The first-order valence-electron chi connectivity index (χ1n) is 22.1. The maximum atomic E-state index is 14.5. The topological polar surface area (TPSA) is 184 Å². The summed E-state index contributed by atoms with van der Waals surface area (Å²) in [6.07, 6.45) is 7.21. The number of alkyl carbamates (subject to hydrolysis) is 1. The lowest BCUT2D eigenvalue weighted by atomic mass is 9.90. The zero-order valence-corrected chi connectivity index (χ0v) is 36.0. The Morgan fingerprint density at radius 2 is 1.73 bits per heavy atom. The van der Waals surface area contributed by atoms with Crippen molar-refractivity contribution in [1.29, 1.82) is 0 Å². The van der Waals surface area contributed by atoms with E-state index in [-0.39, 0.29) is 47.8 Å². The van der Waals surface area contributed by atoms with Crippen molar-refractivity contribution in [3.05, 3.63) is 65.9 Å². The molecule has 15 nitrogen and oxygen atoms in total. The first-order chi connectivity index (χ1) is 30.1. The van der Waals surface area contributed by atoms with Crippen molar-refractivity contribution >= 4 is 46.1 Å². The van der Waals surface area contributed by atoms with Crippen LogP contribution in [0.3, 0.4) is 0 Å². The van der Waals surface area contributed by atoms with Crippen LogP contribution < -0.4 is 15.4 Å². The Morgan fingerprint density at radius 3 is 2.48 bits per heavy atom. The molecule has 4 amide bonds. The summed E-state index contributed by atoms with van der Waals surface area (Å²) < 4.78 is 17.0. The fourth-order valence-electron chi connectivity index (χ4n) is 10.4. The molecule has 4 N–H and O–H groups in total. The Balaban J connectivity index is 0.979.